The lowest BCUT2D eigenvalue weighted by Gasteiger charge is -2.37. The minimum absolute atomic E-state index is 0.0825. The van der Waals surface area contributed by atoms with Crippen LogP contribution in [0.4, 0.5) is 4.39 Å². The second kappa shape index (κ2) is 10.0. The van der Waals surface area contributed by atoms with Crippen LogP contribution in [0.25, 0.3) is 0 Å². The zero-order valence-electron chi connectivity index (χ0n) is 17.2. The van der Waals surface area contributed by atoms with Gasteiger partial charge in [0.25, 0.3) is 0 Å². The van der Waals surface area contributed by atoms with Gasteiger partial charge in [0.15, 0.2) is 11.6 Å². The maximum atomic E-state index is 14.5. The first kappa shape index (κ1) is 21.5. The Hall–Kier alpha value is -3.18. The maximum absolute atomic E-state index is 14.5. The Balaban J connectivity index is 2.05. The molecule has 0 saturated heterocycles. The number of ether oxygens (including phenoxy) is 1. The highest BCUT2D eigenvalue weighted by atomic mass is 19.1. The molecule has 0 heterocycles. The molecule has 0 aliphatic carbocycles. The van der Waals surface area contributed by atoms with Crippen molar-refractivity contribution in [3.05, 3.63) is 101 Å². The van der Waals surface area contributed by atoms with E-state index in [2.05, 4.69) is 4.90 Å². The molecule has 1 unspecified atom stereocenters. The number of carboxylic acid groups (broad SMARTS) is 1. The Bertz CT molecular complexity index is 963. The normalized spacial score (nSPS) is 13.1. The summed E-state index contributed by atoms with van der Waals surface area (Å²) in [7, 11) is 1.41. The largest absolute Gasteiger partial charge is 0.494 e. The molecule has 30 heavy (non-hydrogen) atoms. The average molecular weight is 407 g/mol. The Morgan fingerprint density at radius 1 is 1.00 bits per heavy atom. The summed E-state index contributed by atoms with van der Waals surface area (Å²) in [5.41, 5.74) is 2.73. The van der Waals surface area contributed by atoms with Gasteiger partial charge in [-0.25, -0.2) is 4.39 Å². The first-order valence-corrected chi connectivity index (χ1v) is 9.89. The van der Waals surface area contributed by atoms with Gasteiger partial charge in [0.1, 0.15) is 0 Å². The third-order valence-corrected chi connectivity index (χ3v) is 5.32. The summed E-state index contributed by atoms with van der Waals surface area (Å²) < 4.78 is 19.5. The number of benzene rings is 3. The molecule has 0 aliphatic rings. The third-order valence-electron chi connectivity index (χ3n) is 5.32. The smallest absolute Gasteiger partial charge is 0.305 e. The van der Waals surface area contributed by atoms with Crippen LogP contribution in [0.3, 0.4) is 0 Å². The number of aliphatic carboxylic acids is 1. The molecule has 0 saturated carbocycles. The van der Waals surface area contributed by atoms with Crippen LogP contribution in [-0.2, 0) is 11.3 Å². The van der Waals surface area contributed by atoms with Crippen molar-refractivity contribution in [1.29, 1.82) is 0 Å². The highest BCUT2D eigenvalue weighted by molar-refractivity contribution is 5.68. The van der Waals surface area contributed by atoms with Crippen LogP contribution >= 0.6 is 0 Å². The van der Waals surface area contributed by atoms with E-state index >= 15 is 0 Å². The van der Waals surface area contributed by atoms with Crippen LogP contribution in [0.15, 0.2) is 78.9 Å². The van der Waals surface area contributed by atoms with Crippen molar-refractivity contribution >= 4 is 5.97 Å². The lowest BCUT2D eigenvalue weighted by molar-refractivity contribution is -0.138. The van der Waals surface area contributed by atoms with E-state index < -0.39 is 17.8 Å². The molecule has 5 heteroatoms. The summed E-state index contributed by atoms with van der Waals surface area (Å²) in [5.74, 6) is -1.30. The van der Waals surface area contributed by atoms with Crippen LogP contribution in [0.2, 0.25) is 0 Å². The first-order valence-electron chi connectivity index (χ1n) is 9.89. The molecule has 0 bridgehead atoms. The van der Waals surface area contributed by atoms with Crippen molar-refractivity contribution in [2.24, 2.45) is 0 Å². The van der Waals surface area contributed by atoms with Gasteiger partial charge in [0.05, 0.1) is 13.5 Å². The van der Waals surface area contributed by atoms with Gasteiger partial charge in [-0.15, -0.1) is 0 Å². The number of methoxy groups -OCH3 is 1. The van der Waals surface area contributed by atoms with Gasteiger partial charge < -0.3 is 9.84 Å². The fourth-order valence-corrected chi connectivity index (χ4v) is 3.72. The molecule has 3 aromatic rings. The fourth-order valence-electron chi connectivity index (χ4n) is 3.72. The van der Waals surface area contributed by atoms with E-state index in [1.165, 1.54) is 13.2 Å². The maximum Gasteiger partial charge on any atom is 0.305 e. The predicted molar refractivity (Wildman–Crippen MR) is 115 cm³/mol. The predicted octanol–water partition coefficient (Wildman–Crippen LogP) is 5.61. The Kier molecular flexibility index (Phi) is 7.20. The summed E-state index contributed by atoms with van der Waals surface area (Å²) in [6, 6.07) is 23.9. The Morgan fingerprint density at radius 3 is 2.20 bits per heavy atom. The highest BCUT2D eigenvalue weighted by Crippen LogP contribution is 2.36. The molecule has 0 fully saturated rings. The van der Waals surface area contributed by atoms with Gasteiger partial charge in [-0.05, 0) is 35.7 Å². The number of carbonyl (C=O) groups is 1. The van der Waals surface area contributed by atoms with E-state index in [1.807, 2.05) is 67.6 Å². The molecule has 0 aliphatic heterocycles. The molecular weight excluding hydrogens is 381 g/mol. The summed E-state index contributed by atoms with van der Waals surface area (Å²) in [5, 5.41) is 9.64. The van der Waals surface area contributed by atoms with Crippen LogP contribution < -0.4 is 4.74 Å². The fraction of sp³-hybridized carbons (Fsp3) is 0.240. The molecule has 2 atom stereocenters. The van der Waals surface area contributed by atoms with E-state index in [0.717, 1.165) is 11.1 Å². The van der Waals surface area contributed by atoms with Gasteiger partial charge in [-0.2, -0.15) is 0 Å². The SMILES string of the molecule is COc1ccc(C(CC(=O)O)N(Cc2ccccc2)[C@@H](C)c2ccccc2)cc1F. The minimum Gasteiger partial charge on any atom is -0.494 e. The Labute approximate surface area is 176 Å². The van der Waals surface area contributed by atoms with Crippen LogP contribution in [0.5, 0.6) is 5.75 Å². The van der Waals surface area contributed by atoms with Crippen molar-refractivity contribution in [2.45, 2.75) is 32.0 Å². The van der Waals surface area contributed by atoms with Crippen LogP contribution in [-0.4, -0.2) is 23.1 Å². The molecular formula is C25H26FNO3. The van der Waals surface area contributed by atoms with Crippen molar-refractivity contribution < 1.29 is 19.0 Å². The lowest BCUT2D eigenvalue weighted by atomic mass is 9.96. The van der Waals surface area contributed by atoms with E-state index in [4.69, 9.17) is 4.74 Å². The van der Waals surface area contributed by atoms with Crippen LogP contribution in [0.1, 0.15) is 42.1 Å². The van der Waals surface area contributed by atoms with Crippen molar-refractivity contribution in [1.82, 2.24) is 4.90 Å². The van der Waals surface area contributed by atoms with Gasteiger partial charge in [-0.3, -0.25) is 9.69 Å². The summed E-state index contributed by atoms with van der Waals surface area (Å²) >= 11 is 0. The van der Waals surface area contributed by atoms with Gasteiger partial charge >= 0.3 is 5.97 Å². The summed E-state index contributed by atoms with van der Waals surface area (Å²) in [6.45, 7) is 2.58. The monoisotopic (exact) mass is 407 g/mol. The number of hydrogen-bond acceptors (Lipinski definition) is 3. The van der Waals surface area contributed by atoms with Crippen molar-refractivity contribution in [2.75, 3.05) is 7.11 Å². The molecule has 1 N–H and O–H groups in total. The zero-order chi connectivity index (χ0) is 21.5. The molecule has 0 radical (unpaired) electrons. The molecule has 3 rings (SSSR count). The van der Waals surface area contributed by atoms with Crippen molar-refractivity contribution in [3.63, 3.8) is 0 Å². The summed E-state index contributed by atoms with van der Waals surface area (Å²) in [6.07, 6.45) is -0.143. The number of rotatable bonds is 9. The number of hydrogen-bond donors (Lipinski definition) is 1. The van der Waals surface area contributed by atoms with Gasteiger partial charge in [0.2, 0.25) is 0 Å². The second-order valence-electron chi connectivity index (χ2n) is 7.25. The summed E-state index contributed by atoms with van der Waals surface area (Å²) in [4.78, 5) is 13.9. The molecule has 3 aromatic carbocycles. The second-order valence-corrected chi connectivity index (χ2v) is 7.25. The zero-order valence-corrected chi connectivity index (χ0v) is 17.2. The topological polar surface area (TPSA) is 49.8 Å². The highest BCUT2D eigenvalue weighted by Gasteiger charge is 2.29. The van der Waals surface area contributed by atoms with E-state index in [1.54, 1.807) is 12.1 Å². The quantitative estimate of drug-likeness (QED) is 0.501. The molecule has 0 amide bonds. The molecule has 0 spiro atoms. The van der Waals surface area contributed by atoms with Gasteiger partial charge in [-0.1, -0.05) is 66.7 Å². The van der Waals surface area contributed by atoms with Crippen LogP contribution in [0, 0.1) is 5.82 Å². The average Bonchev–Trinajstić information content (AvgIpc) is 2.76. The number of carboxylic acids is 1. The van der Waals surface area contributed by atoms with Crippen molar-refractivity contribution in [3.8, 4) is 5.75 Å². The first-order chi connectivity index (χ1) is 14.5. The third kappa shape index (κ3) is 5.24. The Morgan fingerprint density at radius 2 is 1.63 bits per heavy atom. The number of nitrogens with zero attached hydrogens (tertiary/aromatic N) is 1. The van der Waals surface area contributed by atoms with E-state index in [-0.39, 0.29) is 18.2 Å². The standard InChI is InChI=1S/C25H26FNO3/c1-18(20-11-7-4-8-12-20)27(17-19-9-5-3-6-10-19)23(16-25(28)29)21-13-14-24(30-2)22(26)15-21/h3-15,18,23H,16-17H2,1-2H3,(H,28,29)/t18-,23?/m0/s1. The minimum atomic E-state index is -0.936. The van der Waals surface area contributed by atoms with Gasteiger partial charge in [0, 0.05) is 18.6 Å². The molecule has 0 aromatic heterocycles. The lowest BCUT2D eigenvalue weighted by Crippen LogP contribution is -2.32. The van der Waals surface area contributed by atoms with E-state index in [0.29, 0.717) is 12.1 Å². The number of halogens is 1. The molecule has 156 valence electrons. The molecule has 4 nitrogen and oxygen atoms in total. The van der Waals surface area contributed by atoms with E-state index in [9.17, 15) is 14.3 Å².